The number of aliphatic carboxylic acids is 1. The Morgan fingerprint density at radius 3 is 2.57 bits per heavy atom. The molecule has 1 aromatic rings. The number of carboxylic acids is 1. The minimum Gasteiger partial charge on any atom is -0.480 e. The predicted molar refractivity (Wildman–Crippen MR) is 80.0 cm³/mol. The third kappa shape index (κ3) is 5.10. The largest absolute Gasteiger partial charge is 0.480 e. The molecule has 3 unspecified atom stereocenters. The van der Waals surface area contributed by atoms with Gasteiger partial charge in [-0.05, 0) is 36.7 Å². The number of hydrogen-bond acceptors (Lipinski definition) is 2. The van der Waals surface area contributed by atoms with Crippen molar-refractivity contribution in [3.63, 3.8) is 0 Å². The zero-order valence-electron chi connectivity index (χ0n) is 12.2. The maximum atomic E-state index is 11.7. The summed E-state index contributed by atoms with van der Waals surface area (Å²) in [7, 11) is 0. The molecule has 1 saturated carbocycles. The van der Waals surface area contributed by atoms with E-state index in [0.29, 0.717) is 31.2 Å². The Hall–Kier alpha value is -2.04. The Morgan fingerprint density at radius 1 is 1.33 bits per heavy atom. The fourth-order valence-corrected chi connectivity index (χ4v) is 2.33. The molecule has 2 amide bonds. The average molecular weight is 290 g/mol. The van der Waals surface area contributed by atoms with Gasteiger partial charge in [0.05, 0.1) is 0 Å². The summed E-state index contributed by atoms with van der Waals surface area (Å²) in [5.41, 5.74) is 1.07. The smallest absolute Gasteiger partial charge is 0.326 e. The quantitative estimate of drug-likeness (QED) is 0.719. The molecule has 1 aromatic carbocycles. The predicted octanol–water partition coefficient (Wildman–Crippen LogP) is 2.03. The lowest BCUT2D eigenvalue weighted by Crippen LogP contribution is -2.46. The number of hydrogen-bond donors (Lipinski definition) is 3. The van der Waals surface area contributed by atoms with Crippen molar-refractivity contribution in [1.82, 2.24) is 10.6 Å². The Labute approximate surface area is 124 Å². The van der Waals surface area contributed by atoms with Gasteiger partial charge >= 0.3 is 12.0 Å². The molecule has 3 N–H and O–H groups in total. The number of amides is 2. The van der Waals surface area contributed by atoms with Gasteiger partial charge < -0.3 is 15.7 Å². The molecule has 5 nitrogen and oxygen atoms in total. The molecule has 0 radical (unpaired) electrons. The van der Waals surface area contributed by atoms with E-state index in [-0.39, 0.29) is 0 Å². The zero-order chi connectivity index (χ0) is 15.2. The number of carboxylic acid groups (broad SMARTS) is 1. The topological polar surface area (TPSA) is 78.4 Å². The number of rotatable bonds is 7. The van der Waals surface area contributed by atoms with E-state index in [0.717, 1.165) is 12.0 Å². The summed E-state index contributed by atoms with van der Waals surface area (Å²) in [4.78, 5) is 22.9. The summed E-state index contributed by atoms with van der Waals surface area (Å²) in [6.07, 6.45) is 2.14. The van der Waals surface area contributed by atoms with Gasteiger partial charge in [0.25, 0.3) is 0 Å². The first kappa shape index (κ1) is 15.4. The number of benzene rings is 1. The lowest BCUT2D eigenvalue weighted by Gasteiger charge is -2.15. The van der Waals surface area contributed by atoms with Crippen LogP contribution >= 0.6 is 0 Å². The lowest BCUT2D eigenvalue weighted by molar-refractivity contribution is -0.139. The molecule has 0 bridgehead atoms. The Kier molecular flexibility index (Phi) is 5.20. The second-order valence-corrected chi connectivity index (χ2v) is 5.74. The number of carbonyl (C=O) groups excluding carboxylic acids is 1. The van der Waals surface area contributed by atoms with Crippen molar-refractivity contribution in [2.24, 2.45) is 11.8 Å². The van der Waals surface area contributed by atoms with Crippen molar-refractivity contribution in [2.75, 3.05) is 6.54 Å². The number of nitrogens with one attached hydrogen (secondary N) is 2. The van der Waals surface area contributed by atoms with Gasteiger partial charge in [0, 0.05) is 6.54 Å². The molecular formula is C16H22N2O3. The van der Waals surface area contributed by atoms with Crippen molar-refractivity contribution in [3.05, 3.63) is 35.9 Å². The van der Waals surface area contributed by atoms with E-state index in [9.17, 15) is 14.7 Å². The molecule has 114 valence electrons. The van der Waals surface area contributed by atoms with Crippen LogP contribution in [0.1, 0.15) is 25.3 Å². The van der Waals surface area contributed by atoms with E-state index >= 15 is 0 Å². The molecule has 5 heteroatoms. The van der Waals surface area contributed by atoms with Crippen molar-refractivity contribution in [2.45, 2.75) is 32.2 Å². The van der Waals surface area contributed by atoms with Gasteiger partial charge in [-0.25, -0.2) is 9.59 Å². The first-order chi connectivity index (χ1) is 10.1. The molecule has 1 aliphatic carbocycles. The number of urea groups is 1. The first-order valence-corrected chi connectivity index (χ1v) is 7.37. The van der Waals surface area contributed by atoms with Crippen molar-refractivity contribution >= 4 is 12.0 Å². The molecule has 1 fully saturated rings. The van der Waals surface area contributed by atoms with Gasteiger partial charge in [-0.3, -0.25) is 0 Å². The molecule has 0 aromatic heterocycles. The third-order valence-electron chi connectivity index (χ3n) is 3.97. The number of carbonyl (C=O) groups is 2. The van der Waals surface area contributed by atoms with E-state index in [2.05, 4.69) is 17.6 Å². The maximum Gasteiger partial charge on any atom is 0.326 e. The minimum atomic E-state index is -0.999. The number of aryl methyl sites for hydroxylation is 1. The molecule has 21 heavy (non-hydrogen) atoms. The van der Waals surface area contributed by atoms with Gasteiger partial charge in [-0.15, -0.1) is 0 Å². The highest BCUT2D eigenvalue weighted by molar-refractivity contribution is 5.82. The highest BCUT2D eigenvalue weighted by Gasteiger charge is 2.32. The van der Waals surface area contributed by atoms with Crippen LogP contribution in [-0.4, -0.2) is 29.7 Å². The summed E-state index contributed by atoms with van der Waals surface area (Å²) in [6, 6.07) is 8.41. The van der Waals surface area contributed by atoms with Crippen LogP contribution in [0.4, 0.5) is 4.79 Å². The Bertz CT molecular complexity index is 490. The summed E-state index contributed by atoms with van der Waals surface area (Å²) in [6.45, 7) is 2.77. The molecule has 1 aliphatic rings. The summed E-state index contributed by atoms with van der Waals surface area (Å²) >= 11 is 0. The molecule has 0 aliphatic heterocycles. The third-order valence-corrected chi connectivity index (χ3v) is 3.97. The van der Waals surface area contributed by atoms with Gasteiger partial charge in [-0.1, -0.05) is 37.3 Å². The van der Waals surface area contributed by atoms with E-state index in [1.54, 1.807) is 0 Å². The van der Waals surface area contributed by atoms with Crippen molar-refractivity contribution < 1.29 is 14.7 Å². The highest BCUT2D eigenvalue weighted by Crippen LogP contribution is 2.36. The zero-order valence-corrected chi connectivity index (χ0v) is 12.2. The van der Waals surface area contributed by atoms with Gasteiger partial charge in [0.1, 0.15) is 6.04 Å². The summed E-state index contributed by atoms with van der Waals surface area (Å²) in [5, 5.41) is 14.5. The second kappa shape index (κ2) is 7.11. The van der Waals surface area contributed by atoms with E-state index in [1.165, 1.54) is 0 Å². The van der Waals surface area contributed by atoms with Crippen molar-refractivity contribution in [3.8, 4) is 0 Å². The fraction of sp³-hybridized carbons (Fsp3) is 0.500. The van der Waals surface area contributed by atoms with E-state index in [1.807, 2.05) is 30.3 Å². The van der Waals surface area contributed by atoms with Crippen LogP contribution < -0.4 is 10.6 Å². The van der Waals surface area contributed by atoms with Crippen LogP contribution in [0.2, 0.25) is 0 Å². The van der Waals surface area contributed by atoms with Crippen LogP contribution in [-0.2, 0) is 11.2 Å². The molecule has 0 heterocycles. The SMILES string of the molecule is CC1CC1CNC(=O)NC(CCc1ccccc1)C(=O)O. The molecule has 2 rings (SSSR count). The Balaban J connectivity index is 1.75. The van der Waals surface area contributed by atoms with E-state index in [4.69, 9.17) is 0 Å². The van der Waals surface area contributed by atoms with Crippen molar-refractivity contribution in [1.29, 1.82) is 0 Å². The molecule has 3 atom stereocenters. The summed E-state index contributed by atoms with van der Waals surface area (Å²) in [5.74, 6) is 0.211. The first-order valence-electron chi connectivity index (χ1n) is 7.37. The minimum absolute atomic E-state index is 0.382. The molecule has 0 saturated heterocycles. The lowest BCUT2D eigenvalue weighted by atomic mass is 10.1. The molecular weight excluding hydrogens is 268 g/mol. The van der Waals surface area contributed by atoms with Gasteiger partial charge in [-0.2, -0.15) is 0 Å². The van der Waals surface area contributed by atoms with Crippen LogP contribution in [0, 0.1) is 11.8 Å². The van der Waals surface area contributed by atoms with Crippen LogP contribution in [0.5, 0.6) is 0 Å². The average Bonchev–Trinajstić information content (AvgIpc) is 3.18. The monoisotopic (exact) mass is 290 g/mol. The maximum absolute atomic E-state index is 11.7. The second-order valence-electron chi connectivity index (χ2n) is 5.74. The van der Waals surface area contributed by atoms with Crippen LogP contribution in [0.15, 0.2) is 30.3 Å². The molecule has 0 spiro atoms. The fourth-order valence-electron chi connectivity index (χ4n) is 2.33. The summed E-state index contributed by atoms with van der Waals surface area (Å²) < 4.78 is 0. The van der Waals surface area contributed by atoms with E-state index < -0.39 is 18.0 Å². The standard InChI is InChI=1S/C16H22N2O3/c1-11-9-13(11)10-17-16(21)18-14(15(19)20)8-7-12-5-3-2-4-6-12/h2-6,11,13-14H,7-10H2,1H3,(H,19,20)(H2,17,18,21). The van der Waals surface area contributed by atoms with Crippen LogP contribution in [0.3, 0.4) is 0 Å². The van der Waals surface area contributed by atoms with Gasteiger partial charge in [0.2, 0.25) is 0 Å². The van der Waals surface area contributed by atoms with Crippen LogP contribution in [0.25, 0.3) is 0 Å². The normalized spacial score (nSPS) is 21.4. The Morgan fingerprint density at radius 2 is 2.00 bits per heavy atom. The highest BCUT2D eigenvalue weighted by atomic mass is 16.4. The van der Waals surface area contributed by atoms with Gasteiger partial charge in [0.15, 0.2) is 0 Å².